The molecule has 2 heterocycles. The number of nitrogens with one attached hydrogen (secondary N) is 1. The molecule has 0 spiro atoms. The van der Waals surface area contributed by atoms with Crippen molar-refractivity contribution >= 4 is 17.5 Å². The molecule has 1 amide bonds. The second kappa shape index (κ2) is 7.41. The zero-order valence-corrected chi connectivity index (χ0v) is 16.6. The van der Waals surface area contributed by atoms with Crippen LogP contribution in [0.4, 0.5) is 0 Å². The molecular formula is C20H26ClN3O2. The number of hydrogen-bond donors (Lipinski definition) is 1. The fourth-order valence-corrected chi connectivity index (χ4v) is 3.80. The third kappa shape index (κ3) is 3.94. The fourth-order valence-electron chi connectivity index (χ4n) is 3.61. The Morgan fingerprint density at radius 2 is 2.23 bits per heavy atom. The minimum Gasteiger partial charge on any atom is -0.375 e. The van der Waals surface area contributed by atoms with Crippen LogP contribution in [0.15, 0.2) is 24.3 Å². The molecule has 1 aromatic carbocycles. The van der Waals surface area contributed by atoms with Gasteiger partial charge < -0.3 is 14.6 Å². The highest BCUT2D eigenvalue weighted by atomic mass is 35.5. The minimum atomic E-state index is -0.205. The Balaban J connectivity index is 1.86. The van der Waals surface area contributed by atoms with E-state index in [1.807, 2.05) is 43.0 Å². The number of amides is 1. The summed E-state index contributed by atoms with van der Waals surface area (Å²) in [5.74, 6) is 0.633. The summed E-state index contributed by atoms with van der Waals surface area (Å²) < 4.78 is 5.80. The number of rotatable bonds is 4. The number of aryl methyl sites for hydroxylation is 1. The number of benzene rings is 1. The van der Waals surface area contributed by atoms with E-state index in [0.717, 1.165) is 24.1 Å². The lowest BCUT2D eigenvalue weighted by molar-refractivity contribution is -0.0777. The quantitative estimate of drug-likeness (QED) is 0.858. The van der Waals surface area contributed by atoms with Crippen molar-refractivity contribution in [2.45, 2.75) is 52.2 Å². The van der Waals surface area contributed by atoms with E-state index in [9.17, 15) is 4.79 Å². The van der Waals surface area contributed by atoms with Gasteiger partial charge in [-0.2, -0.15) is 0 Å². The summed E-state index contributed by atoms with van der Waals surface area (Å²) in [6.07, 6.45) is 1.69. The number of aromatic amines is 1. The van der Waals surface area contributed by atoms with Gasteiger partial charge in [-0.1, -0.05) is 23.7 Å². The monoisotopic (exact) mass is 375 g/mol. The van der Waals surface area contributed by atoms with Crippen LogP contribution in [0, 0.1) is 6.92 Å². The lowest BCUT2D eigenvalue weighted by Crippen LogP contribution is -2.48. The maximum atomic E-state index is 13.2. The molecule has 26 heavy (non-hydrogen) atoms. The highest BCUT2D eigenvalue weighted by Gasteiger charge is 2.35. The van der Waals surface area contributed by atoms with Gasteiger partial charge in [-0.05, 0) is 52.7 Å². The summed E-state index contributed by atoms with van der Waals surface area (Å²) in [5, 5.41) is 0.643. The Morgan fingerprint density at radius 1 is 1.46 bits per heavy atom. The molecule has 1 aromatic heterocycles. The molecule has 3 rings (SSSR count). The zero-order chi connectivity index (χ0) is 18.9. The summed E-state index contributed by atoms with van der Waals surface area (Å²) in [6.45, 7) is 9.38. The van der Waals surface area contributed by atoms with Gasteiger partial charge >= 0.3 is 0 Å². The van der Waals surface area contributed by atoms with Gasteiger partial charge in [0.25, 0.3) is 5.91 Å². The Hall–Kier alpha value is -1.85. The van der Waals surface area contributed by atoms with E-state index in [-0.39, 0.29) is 17.6 Å². The van der Waals surface area contributed by atoms with Gasteiger partial charge in [-0.3, -0.25) is 4.79 Å². The van der Waals surface area contributed by atoms with Crippen LogP contribution in [0.2, 0.25) is 5.02 Å². The van der Waals surface area contributed by atoms with E-state index in [2.05, 4.69) is 23.8 Å². The van der Waals surface area contributed by atoms with Crippen LogP contribution < -0.4 is 0 Å². The van der Waals surface area contributed by atoms with Gasteiger partial charge in [-0.25, -0.2) is 4.98 Å². The fraction of sp³-hybridized carbons (Fsp3) is 0.500. The smallest absolute Gasteiger partial charge is 0.274 e. The topological polar surface area (TPSA) is 58.2 Å². The van der Waals surface area contributed by atoms with Crippen molar-refractivity contribution in [3.8, 4) is 11.4 Å². The third-order valence-electron chi connectivity index (χ3n) is 4.90. The molecule has 2 aromatic rings. The summed E-state index contributed by atoms with van der Waals surface area (Å²) >= 11 is 6.08. The lowest BCUT2D eigenvalue weighted by Gasteiger charge is -2.40. The van der Waals surface area contributed by atoms with Crippen molar-refractivity contribution in [2.24, 2.45) is 0 Å². The number of imidazole rings is 1. The predicted octanol–water partition coefficient (Wildman–Crippen LogP) is 4.46. The van der Waals surface area contributed by atoms with Crippen molar-refractivity contribution in [2.75, 3.05) is 13.2 Å². The van der Waals surface area contributed by atoms with Gasteiger partial charge in [0, 0.05) is 35.5 Å². The van der Waals surface area contributed by atoms with E-state index in [1.54, 1.807) is 0 Å². The average Bonchev–Trinajstić information content (AvgIpc) is 2.96. The summed E-state index contributed by atoms with van der Waals surface area (Å²) in [5.41, 5.74) is 1.92. The van der Waals surface area contributed by atoms with Crippen LogP contribution in [0.25, 0.3) is 11.4 Å². The van der Waals surface area contributed by atoms with E-state index in [0.29, 0.717) is 29.7 Å². The number of ether oxygens (including phenoxy) is 1. The number of hydrogen-bond acceptors (Lipinski definition) is 3. The normalized spacial score (nSPS) is 19.3. The maximum absolute atomic E-state index is 13.2. The van der Waals surface area contributed by atoms with Crippen molar-refractivity contribution < 1.29 is 9.53 Å². The molecule has 0 saturated carbocycles. The summed E-state index contributed by atoms with van der Waals surface area (Å²) in [4.78, 5) is 22.9. The number of carbonyl (C=O) groups is 1. The molecule has 1 fully saturated rings. The second-order valence-electron chi connectivity index (χ2n) is 7.42. The summed E-state index contributed by atoms with van der Waals surface area (Å²) in [7, 11) is 0. The largest absolute Gasteiger partial charge is 0.375 e. The number of aromatic nitrogens is 2. The Kier molecular flexibility index (Phi) is 5.39. The molecule has 1 aliphatic rings. The number of halogens is 1. The first-order valence-electron chi connectivity index (χ1n) is 9.08. The third-order valence-corrected chi connectivity index (χ3v) is 5.13. The van der Waals surface area contributed by atoms with Gasteiger partial charge in [0.05, 0.1) is 5.60 Å². The van der Waals surface area contributed by atoms with Crippen LogP contribution in [-0.2, 0) is 4.74 Å². The first-order chi connectivity index (χ1) is 12.3. The average molecular weight is 376 g/mol. The Morgan fingerprint density at radius 3 is 2.88 bits per heavy atom. The summed E-state index contributed by atoms with van der Waals surface area (Å²) in [6, 6.07) is 7.63. The first-order valence-corrected chi connectivity index (χ1v) is 9.46. The van der Waals surface area contributed by atoms with Crippen molar-refractivity contribution in [3.05, 3.63) is 40.7 Å². The van der Waals surface area contributed by atoms with Crippen LogP contribution in [0.1, 0.15) is 49.8 Å². The molecule has 1 N–H and O–H groups in total. The maximum Gasteiger partial charge on any atom is 0.274 e. The van der Waals surface area contributed by atoms with Crippen molar-refractivity contribution in [1.82, 2.24) is 14.9 Å². The van der Waals surface area contributed by atoms with Gasteiger partial charge in [-0.15, -0.1) is 0 Å². The molecular weight excluding hydrogens is 350 g/mol. The molecule has 140 valence electrons. The van der Waals surface area contributed by atoms with E-state index in [1.165, 1.54) is 0 Å². The second-order valence-corrected chi connectivity index (χ2v) is 7.85. The molecule has 5 nitrogen and oxygen atoms in total. The van der Waals surface area contributed by atoms with Crippen LogP contribution in [0.3, 0.4) is 0 Å². The molecule has 0 radical (unpaired) electrons. The highest BCUT2D eigenvalue weighted by Crippen LogP contribution is 2.29. The molecule has 0 aliphatic carbocycles. The standard InChI is InChI=1S/C20H26ClN3O2/c1-5-24(16-9-10-26-20(3,4)12-16)19(25)17-13(2)22-18(23-17)14-7-6-8-15(21)11-14/h6-8,11,16H,5,9-10,12H2,1-4H3,(H,22,23). The molecule has 0 bridgehead atoms. The molecule has 1 aliphatic heterocycles. The first kappa shape index (κ1) is 18.9. The molecule has 1 atom stereocenters. The van der Waals surface area contributed by atoms with Crippen LogP contribution in [0.5, 0.6) is 0 Å². The molecule has 1 unspecified atom stereocenters. The van der Waals surface area contributed by atoms with Crippen LogP contribution >= 0.6 is 11.6 Å². The predicted molar refractivity (Wildman–Crippen MR) is 104 cm³/mol. The van der Waals surface area contributed by atoms with E-state index in [4.69, 9.17) is 16.3 Å². The minimum absolute atomic E-state index is 0.0303. The van der Waals surface area contributed by atoms with Crippen molar-refractivity contribution in [3.63, 3.8) is 0 Å². The zero-order valence-electron chi connectivity index (χ0n) is 15.8. The SMILES string of the molecule is CCN(C(=O)c1nc(-c2cccc(Cl)c2)[nH]c1C)C1CCOC(C)(C)C1. The number of carbonyl (C=O) groups excluding carboxylic acids is 1. The van der Waals surface area contributed by atoms with E-state index < -0.39 is 0 Å². The highest BCUT2D eigenvalue weighted by molar-refractivity contribution is 6.30. The molecule has 6 heteroatoms. The van der Waals surface area contributed by atoms with Gasteiger partial charge in [0.15, 0.2) is 0 Å². The number of H-pyrrole nitrogens is 1. The molecule has 1 saturated heterocycles. The van der Waals surface area contributed by atoms with Gasteiger partial charge in [0.1, 0.15) is 11.5 Å². The number of nitrogens with zero attached hydrogens (tertiary/aromatic N) is 2. The Bertz CT molecular complexity index is 800. The lowest BCUT2D eigenvalue weighted by atomic mass is 9.92. The van der Waals surface area contributed by atoms with E-state index >= 15 is 0 Å². The Labute approximate surface area is 159 Å². The van der Waals surface area contributed by atoms with Crippen molar-refractivity contribution in [1.29, 1.82) is 0 Å². The van der Waals surface area contributed by atoms with Gasteiger partial charge in [0.2, 0.25) is 0 Å². The van der Waals surface area contributed by atoms with Crippen LogP contribution in [-0.4, -0.2) is 45.6 Å².